The van der Waals surface area contributed by atoms with Gasteiger partial charge in [0.15, 0.2) is 0 Å². The second-order valence-corrected chi connectivity index (χ2v) is 7.94. The third-order valence-corrected chi connectivity index (χ3v) is 5.50. The Morgan fingerprint density at radius 2 is 2.18 bits per heavy atom. The van der Waals surface area contributed by atoms with Gasteiger partial charge in [0, 0.05) is 18.5 Å². The molecule has 0 amide bonds. The summed E-state index contributed by atoms with van der Waals surface area (Å²) in [5, 5.41) is 2.97. The van der Waals surface area contributed by atoms with E-state index in [1.54, 1.807) is 19.1 Å². The Kier molecular flexibility index (Phi) is 5.39. The first-order chi connectivity index (χ1) is 10.4. The van der Waals surface area contributed by atoms with Crippen LogP contribution in [0.4, 0.5) is 5.82 Å². The van der Waals surface area contributed by atoms with Crippen LogP contribution in [0, 0.1) is 0 Å². The molecule has 1 saturated carbocycles. The van der Waals surface area contributed by atoms with Gasteiger partial charge >= 0.3 is 5.97 Å². The van der Waals surface area contributed by atoms with Crippen LogP contribution >= 0.6 is 0 Å². The van der Waals surface area contributed by atoms with Gasteiger partial charge in [-0.3, -0.25) is 0 Å². The highest BCUT2D eigenvalue weighted by atomic mass is 32.2. The molecule has 1 N–H and O–H groups in total. The van der Waals surface area contributed by atoms with Crippen molar-refractivity contribution in [3.63, 3.8) is 0 Å². The minimum atomic E-state index is -3.00. The van der Waals surface area contributed by atoms with Gasteiger partial charge < -0.3 is 10.1 Å². The highest BCUT2D eigenvalue weighted by Crippen LogP contribution is 2.25. The summed E-state index contributed by atoms with van der Waals surface area (Å²) in [6.45, 7) is 2.08. The predicted molar refractivity (Wildman–Crippen MR) is 84.7 cm³/mol. The number of hydrogen-bond donors (Lipinski definition) is 1. The Hall–Kier alpha value is -1.63. The monoisotopic (exact) mass is 326 g/mol. The molecule has 2 unspecified atom stereocenters. The molecule has 1 heterocycles. The van der Waals surface area contributed by atoms with Gasteiger partial charge in [0.25, 0.3) is 0 Å². The molecule has 1 aliphatic carbocycles. The smallest absolute Gasteiger partial charge is 0.339 e. The normalized spacial score (nSPS) is 22.1. The van der Waals surface area contributed by atoms with Crippen molar-refractivity contribution in [3.05, 3.63) is 23.9 Å². The fourth-order valence-electron chi connectivity index (χ4n) is 2.69. The number of aromatic nitrogens is 1. The van der Waals surface area contributed by atoms with Crippen molar-refractivity contribution in [2.24, 2.45) is 0 Å². The second-order valence-electron chi connectivity index (χ2n) is 5.61. The molecular formula is C15H22N2O4S. The van der Waals surface area contributed by atoms with Crippen molar-refractivity contribution >= 4 is 21.6 Å². The van der Waals surface area contributed by atoms with Crippen LogP contribution in [0.25, 0.3) is 0 Å². The second kappa shape index (κ2) is 7.09. The van der Waals surface area contributed by atoms with Crippen LogP contribution in [-0.2, 0) is 14.6 Å². The largest absolute Gasteiger partial charge is 0.462 e. The van der Waals surface area contributed by atoms with Crippen molar-refractivity contribution in [3.8, 4) is 0 Å². The maximum absolute atomic E-state index is 11.7. The number of sulfone groups is 1. The van der Waals surface area contributed by atoms with Crippen LogP contribution in [0.2, 0.25) is 0 Å². The van der Waals surface area contributed by atoms with E-state index in [4.69, 9.17) is 4.74 Å². The van der Waals surface area contributed by atoms with Crippen LogP contribution in [0.15, 0.2) is 18.3 Å². The molecule has 7 heteroatoms. The molecule has 122 valence electrons. The van der Waals surface area contributed by atoms with Crippen molar-refractivity contribution in [1.29, 1.82) is 0 Å². The van der Waals surface area contributed by atoms with Crippen molar-refractivity contribution in [2.45, 2.75) is 43.9 Å². The van der Waals surface area contributed by atoms with Gasteiger partial charge in [-0.25, -0.2) is 18.2 Å². The molecular weight excluding hydrogens is 304 g/mol. The Morgan fingerprint density at radius 3 is 2.77 bits per heavy atom. The van der Waals surface area contributed by atoms with Gasteiger partial charge in [-0.1, -0.05) is 6.42 Å². The van der Waals surface area contributed by atoms with Gasteiger partial charge in [0.1, 0.15) is 15.7 Å². The van der Waals surface area contributed by atoms with Crippen LogP contribution in [0.1, 0.15) is 43.0 Å². The lowest BCUT2D eigenvalue weighted by Gasteiger charge is -2.29. The molecule has 0 bridgehead atoms. The number of hydrogen-bond acceptors (Lipinski definition) is 6. The standard InChI is InChI=1S/C15H22N2O4S/c1-3-21-15(18)11-7-8-14(16-10-11)17-12-5-4-6-13(9-12)22(2,19)20/h7-8,10,12-13H,3-6,9H2,1-2H3,(H,16,17). The Labute approximate surface area is 131 Å². The molecule has 0 spiro atoms. The molecule has 2 atom stereocenters. The number of pyridine rings is 1. The number of nitrogens with one attached hydrogen (secondary N) is 1. The number of ether oxygens (including phenoxy) is 1. The zero-order chi connectivity index (χ0) is 16.2. The molecule has 0 aliphatic heterocycles. The summed E-state index contributed by atoms with van der Waals surface area (Å²) in [4.78, 5) is 15.8. The van der Waals surface area contributed by atoms with E-state index in [2.05, 4.69) is 10.3 Å². The van der Waals surface area contributed by atoms with E-state index in [0.29, 0.717) is 24.4 Å². The van der Waals surface area contributed by atoms with E-state index in [9.17, 15) is 13.2 Å². The SMILES string of the molecule is CCOC(=O)c1ccc(NC2CCCC(S(C)(=O)=O)C2)nc1. The average Bonchev–Trinajstić information content (AvgIpc) is 2.48. The predicted octanol–water partition coefficient (Wildman–Crippen LogP) is 2.03. The van der Waals surface area contributed by atoms with E-state index >= 15 is 0 Å². The molecule has 22 heavy (non-hydrogen) atoms. The summed E-state index contributed by atoms with van der Waals surface area (Å²) in [5.74, 6) is 0.253. The van der Waals surface area contributed by atoms with Crippen molar-refractivity contribution in [1.82, 2.24) is 4.98 Å². The Balaban J connectivity index is 1.97. The zero-order valence-corrected chi connectivity index (χ0v) is 13.7. The lowest BCUT2D eigenvalue weighted by molar-refractivity contribution is 0.0526. The summed E-state index contributed by atoms with van der Waals surface area (Å²) < 4.78 is 28.2. The first kappa shape index (κ1) is 16.7. The molecule has 6 nitrogen and oxygen atoms in total. The molecule has 0 aromatic carbocycles. The van der Waals surface area contributed by atoms with Crippen LogP contribution in [0.5, 0.6) is 0 Å². The molecule has 1 aromatic rings. The molecule has 1 fully saturated rings. The van der Waals surface area contributed by atoms with E-state index in [0.717, 1.165) is 19.3 Å². The van der Waals surface area contributed by atoms with E-state index < -0.39 is 15.8 Å². The van der Waals surface area contributed by atoms with E-state index in [1.807, 2.05) is 0 Å². The molecule has 0 radical (unpaired) electrons. The molecule has 1 aliphatic rings. The Morgan fingerprint density at radius 1 is 1.41 bits per heavy atom. The summed E-state index contributed by atoms with van der Waals surface area (Å²) in [6, 6.07) is 3.47. The maximum Gasteiger partial charge on any atom is 0.339 e. The van der Waals surface area contributed by atoms with E-state index in [1.165, 1.54) is 12.5 Å². The zero-order valence-electron chi connectivity index (χ0n) is 12.9. The first-order valence-corrected chi connectivity index (χ1v) is 9.44. The van der Waals surface area contributed by atoms with Crippen molar-refractivity contribution < 1.29 is 17.9 Å². The summed E-state index contributed by atoms with van der Waals surface area (Å²) in [6.07, 6.45) is 5.90. The highest BCUT2D eigenvalue weighted by molar-refractivity contribution is 7.91. The summed E-state index contributed by atoms with van der Waals surface area (Å²) in [5.41, 5.74) is 0.407. The minimum Gasteiger partial charge on any atom is -0.462 e. The topological polar surface area (TPSA) is 85.4 Å². The number of esters is 1. The van der Waals surface area contributed by atoms with Crippen LogP contribution in [-0.4, -0.2) is 43.5 Å². The molecule has 2 rings (SSSR count). The fraction of sp³-hybridized carbons (Fsp3) is 0.600. The summed E-state index contributed by atoms with van der Waals surface area (Å²) >= 11 is 0. The average molecular weight is 326 g/mol. The number of carbonyl (C=O) groups excluding carboxylic acids is 1. The molecule has 0 saturated heterocycles. The summed E-state index contributed by atoms with van der Waals surface area (Å²) in [7, 11) is -3.00. The fourth-order valence-corrected chi connectivity index (χ4v) is 3.87. The van der Waals surface area contributed by atoms with Crippen LogP contribution in [0.3, 0.4) is 0 Å². The van der Waals surface area contributed by atoms with E-state index in [-0.39, 0.29) is 11.3 Å². The lowest BCUT2D eigenvalue weighted by atomic mass is 9.95. The van der Waals surface area contributed by atoms with Crippen molar-refractivity contribution in [2.75, 3.05) is 18.2 Å². The molecule has 1 aromatic heterocycles. The third-order valence-electron chi connectivity index (χ3n) is 3.86. The Bertz CT molecular complexity index is 613. The van der Waals surface area contributed by atoms with Gasteiger partial charge in [0.2, 0.25) is 0 Å². The number of nitrogens with zero attached hydrogens (tertiary/aromatic N) is 1. The first-order valence-electron chi connectivity index (χ1n) is 7.48. The highest BCUT2D eigenvalue weighted by Gasteiger charge is 2.28. The lowest BCUT2D eigenvalue weighted by Crippen LogP contribution is -2.34. The van der Waals surface area contributed by atoms with Gasteiger partial charge in [0.05, 0.1) is 17.4 Å². The van der Waals surface area contributed by atoms with Gasteiger partial charge in [-0.2, -0.15) is 0 Å². The third kappa shape index (κ3) is 4.43. The minimum absolute atomic E-state index is 0.0921. The van der Waals surface area contributed by atoms with Gasteiger partial charge in [-0.05, 0) is 38.3 Å². The quantitative estimate of drug-likeness (QED) is 0.833. The van der Waals surface area contributed by atoms with Gasteiger partial charge in [-0.15, -0.1) is 0 Å². The number of carbonyl (C=O) groups is 1. The number of rotatable bonds is 5. The van der Waals surface area contributed by atoms with Crippen LogP contribution < -0.4 is 5.32 Å². The maximum atomic E-state index is 11.7. The number of anilines is 1.